The quantitative estimate of drug-likeness (QED) is 0.449. The number of para-hydroxylation sites is 1. The molecule has 176 valence electrons. The summed E-state index contributed by atoms with van der Waals surface area (Å²) < 4.78 is 29.1. The molecule has 3 aromatic rings. The molecular formula is C22H21F2N7O3. The van der Waals surface area contributed by atoms with Crippen LogP contribution < -0.4 is 21.1 Å². The number of nitrogen functional groups attached to an aromatic ring is 1. The number of carbonyl (C=O) groups is 2. The van der Waals surface area contributed by atoms with Crippen molar-refractivity contribution < 1.29 is 23.1 Å². The first-order valence-corrected chi connectivity index (χ1v) is 10.2. The number of carbonyl (C=O) groups excluding carboxylic acids is 2. The number of benzene rings is 2. The van der Waals surface area contributed by atoms with Crippen molar-refractivity contribution in [1.29, 1.82) is 0 Å². The Kier molecular flexibility index (Phi) is 5.97. The predicted molar refractivity (Wildman–Crippen MR) is 118 cm³/mol. The largest absolute Gasteiger partial charge is 0.435 e. The van der Waals surface area contributed by atoms with Gasteiger partial charge in [-0.1, -0.05) is 30.3 Å². The van der Waals surface area contributed by atoms with Crippen LogP contribution in [0.5, 0.6) is 5.75 Å². The number of nitrogens with zero attached hydrogens (tertiary/aromatic N) is 4. The van der Waals surface area contributed by atoms with Gasteiger partial charge < -0.3 is 21.1 Å². The summed E-state index contributed by atoms with van der Waals surface area (Å²) in [7, 11) is 0. The van der Waals surface area contributed by atoms with Crippen LogP contribution in [0.15, 0.2) is 48.5 Å². The molecule has 0 aliphatic carbocycles. The van der Waals surface area contributed by atoms with Gasteiger partial charge in [-0.05, 0) is 43.2 Å². The van der Waals surface area contributed by atoms with Gasteiger partial charge in [0.15, 0.2) is 5.82 Å². The van der Waals surface area contributed by atoms with Crippen LogP contribution in [-0.4, -0.2) is 38.4 Å². The summed E-state index contributed by atoms with van der Waals surface area (Å²) in [5.74, 6) is -0.429. The molecule has 2 heterocycles. The Morgan fingerprint density at radius 1 is 1.12 bits per heavy atom. The Morgan fingerprint density at radius 2 is 1.82 bits per heavy atom. The number of imide groups is 1. The zero-order valence-corrected chi connectivity index (χ0v) is 18.3. The van der Waals surface area contributed by atoms with Crippen LogP contribution in [0.4, 0.5) is 31.2 Å². The SMILES string of the molecule is Cc1ccccc1Nc1nc(N)nc(CN2C(=O)N[C@](C)(c3ccc(OC(F)F)cc3)C2=O)n1. The summed E-state index contributed by atoms with van der Waals surface area (Å²) >= 11 is 0. The third-order valence-corrected chi connectivity index (χ3v) is 5.32. The molecule has 1 aromatic heterocycles. The van der Waals surface area contributed by atoms with Crippen LogP contribution in [0.2, 0.25) is 0 Å². The van der Waals surface area contributed by atoms with Gasteiger partial charge in [0.25, 0.3) is 5.91 Å². The molecule has 0 spiro atoms. The first-order valence-electron chi connectivity index (χ1n) is 10.2. The highest BCUT2D eigenvalue weighted by Gasteiger charge is 2.49. The fraction of sp³-hybridized carbons (Fsp3) is 0.227. The summed E-state index contributed by atoms with van der Waals surface area (Å²) in [5.41, 5.74) is 6.52. The van der Waals surface area contributed by atoms with E-state index >= 15 is 0 Å². The molecule has 4 rings (SSSR count). The summed E-state index contributed by atoms with van der Waals surface area (Å²) in [6.45, 7) is 0.210. The van der Waals surface area contributed by atoms with Crippen molar-refractivity contribution in [3.63, 3.8) is 0 Å². The third kappa shape index (κ3) is 4.56. The summed E-state index contributed by atoms with van der Waals surface area (Å²) in [6, 6.07) is 12.3. The molecule has 1 fully saturated rings. The molecule has 1 aliphatic heterocycles. The Hall–Kier alpha value is -4.35. The third-order valence-electron chi connectivity index (χ3n) is 5.32. The van der Waals surface area contributed by atoms with Crippen molar-refractivity contribution in [2.45, 2.75) is 32.5 Å². The number of anilines is 3. The normalized spacial score (nSPS) is 17.7. The average Bonchev–Trinajstić information content (AvgIpc) is 2.99. The number of ether oxygens (including phenoxy) is 1. The van der Waals surface area contributed by atoms with Gasteiger partial charge >= 0.3 is 12.6 Å². The Labute approximate surface area is 193 Å². The second-order valence-corrected chi connectivity index (χ2v) is 7.72. The highest BCUT2D eigenvalue weighted by molar-refractivity contribution is 6.07. The highest BCUT2D eigenvalue weighted by atomic mass is 19.3. The van der Waals surface area contributed by atoms with E-state index in [1.807, 2.05) is 31.2 Å². The Balaban J connectivity index is 1.54. The molecule has 1 aliphatic rings. The van der Waals surface area contributed by atoms with E-state index in [0.717, 1.165) is 16.2 Å². The molecular weight excluding hydrogens is 448 g/mol. The molecule has 1 atom stereocenters. The van der Waals surface area contributed by atoms with E-state index in [1.54, 1.807) is 0 Å². The van der Waals surface area contributed by atoms with Gasteiger partial charge in [-0.2, -0.15) is 23.7 Å². The molecule has 1 saturated heterocycles. The lowest BCUT2D eigenvalue weighted by Crippen LogP contribution is -2.40. The zero-order valence-electron chi connectivity index (χ0n) is 18.3. The fourth-order valence-electron chi connectivity index (χ4n) is 3.55. The molecule has 10 nitrogen and oxygen atoms in total. The molecule has 34 heavy (non-hydrogen) atoms. The van der Waals surface area contributed by atoms with Gasteiger partial charge in [-0.3, -0.25) is 9.69 Å². The zero-order chi connectivity index (χ0) is 24.5. The first-order chi connectivity index (χ1) is 16.2. The minimum atomic E-state index is -2.97. The number of rotatable bonds is 7. The van der Waals surface area contributed by atoms with Crippen molar-refractivity contribution in [2.75, 3.05) is 11.1 Å². The van der Waals surface area contributed by atoms with E-state index in [2.05, 4.69) is 30.3 Å². The smallest absolute Gasteiger partial charge is 0.387 e. The predicted octanol–water partition coefficient (Wildman–Crippen LogP) is 3.07. The summed E-state index contributed by atoms with van der Waals surface area (Å²) in [5, 5.41) is 5.68. The van der Waals surface area contributed by atoms with Crippen molar-refractivity contribution >= 4 is 29.5 Å². The number of alkyl halides is 2. The molecule has 2 aromatic carbocycles. The van der Waals surface area contributed by atoms with Gasteiger partial charge in [0.2, 0.25) is 11.9 Å². The number of aromatic nitrogens is 3. The number of hydrogen-bond acceptors (Lipinski definition) is 8. The van der Waals surface area contributed by atoms with Crippen molar-refractivity contribution in [1.82, 2.24) is 25.2 Å². The van der Waals surface area contributed by atoms with Crippen LogP contribution >= 0.6 is 0 Å². The van der Waals surface area contributed by atoms with E-state index in [9.17, 15) is 18.4 Å². The van der Waals surface area contributed by atoms with E-state index in [1.165, 1.54) is 31.2 Å². The van der Waals surface area contributed by atoms with Crippen LogP contribution in [0.25, 0.3) is 0 Å². The van der Waals surface area contributed by atoms with E-state index in [0.29, 0.717) is 5.56 Å². The van der Waals surface area contributed by atoms with E-state index < -0.39 is 24.1 Å². The Bertz CT molecular complexity index is 1240. The van der Waals surface area contributed by atoms with Crippen LogP contribution in [0, 0.1) is 6.92 Å². The maximum atomic E-state index is 13.2. The molecule has 0 bridgehead atoms. The lowest BCUT2D eigenvalue weighted by Gasteiger charge is -2.22. The standard InChI is InChI=1S/C22H21F2N7O3/c1-12-5-3-4-6-15(12)26-20-28-16(27-19(25)29-20)11-31-17(32)22(2,30-21(31)33)13-7-9-14(10-8-13)34-18(23)24/h3-10,18H,11H2,1-2H3,(H,30,33)(H3,25,26,27,28,29)/t22-/m1/s1. The number of nitrogens with two attached hydrogens (primary N) is 1. The first kappa shape index (κ1) is 22.8. The summed E-state index contributed by atoms with van der Waals surface area (Å²) in [6.07, 6.45) is 0. The molecule has 0 radical (unpaired) electrons. The lowest BCUT2D eigenvalue weighted by molar-refractivity contribution is -0.131. The number of hydrogen-bond donors (Lipinski definition) is 3. The highest BCUT2D eigenvalue weighted by Crippen LogP contribution is 2.31. The molecule has 4 N–H and O–H groups in total. The van der Waals surface area contributed by atoms with Crippen molar-refractivity contribution in [2.24, 2.45) is 0 Å². The topological polar surface area (TPSA) is 135 Å². The van der Waals surface area contributed by atoms with Crippen molar-refractivity contribution in [3.05, 3.63) is 65.5 Å². The molecule has 12 heteroatoms. The fourth-order valence-corrected chi connectivity index (χ4v) is 3.55. The molecule has 3 amide bonds. The number of nitrogens with one attached hydrogen (secondary N) is 2. The minimum Gasteiger partial charge on any atom is -0.435 e. The van der Waals surface area contributed by atoms with E-state index in [-0.39, 0.29) is 30.0 Å². The number of amides is 3. The molecule has 0 saturated carbocycles. The van der Waals surface area contributed by atoms with Gasteiger partial charge in [-0.15, -0.1) is 0 Å². The Morgan fingerprint density at radius 3 is 2.50 bits per heavy atom. The van der Waals surface area contributed by atoms with Gasteiger partial charge in [0, 0.05) is 5.69 Å². The minimum absolute atomic E-state index is 0.0645. The summed E-state index contributed by atoms with van der Waals surface area (Å²) in [4.78, 5) is 39.2. The number of halogens is 2. The average molecular weight is 469 g/mol. The monoisotopic (exact) mass is 469 g/mol. The van der Waals surface area contributed by atoms with Gasteiger partial charge in [0.1, 0.15) is 11.3 Å². The lowest BCUT2D eigenvalue weighted by atomic mass is 9.92. The van der Waals surface area contributed by atoms with E-state index in [4.69, 9.17) is 5.73 Å². The second-order valence-electron chi connectivity index (χ2n) is 7.72. The second kappa shape index (κ2) is 8.89. The van der Waals surface area contributed by atoms with Gasteiger partial charge in [-0.25, -0.2) is 4.79 Å². The van der Waals surface area contributed by atoms with Crippen LogP contribution in [0.1, 0.15) is 23.9 Å². The number of urea groups is 1. The van der Waals surface area contributed by atoms with Crippen molar-refractivity contribution in [3.8, 4) is 5.75 Å². The molecule has 0 unspecified atom stereocenters. The van der Waals surface area contributed by atoms with Gasteiger partial charge in [0.05, 0.1) is 6.54 Å². The maximum Gasteiger partial charge on any atom is 0.387 e. The van der Waals surface area contributed by atoms with Crippen LogP contribution in [0.3, 0.4) is 0 Å². The number of aryl methyl sites for hydroxylation is 1. The van der Waals surface area contributed by atoms with Crippen LogP contribution in [-0.2, 0) is 16.9 Å². The maximum absolute atomic E-state index is 13.2.